The van der Waals surface area contributed by atoms with Crippen molar-refractivity contribution in [2.75, 3.05) is 11.9 Å². The maximum atomic E-state index is 11.8. The van der Waals surface area contributed by atoms with Crippen molar-refractivity contribution >= 4 is 52.2 Å². The summed E-state index contributed by atoms with van der Waals surface area (Å²) in [6.45, 7) is 3.20. The smallest absolute Gasteiger partial charge is 0.308 e. The van der Waals surface area contributed by atoms with Gasteiger partial charge in [0.05, 0.1) is 16.5 Å². The average molecular weight is 404 g/mol. The molecule has 0 bridgehead atoms. The molecule has 134 valence electrons. The maximum absolute atomic E-state index is 11.8. The minimum atomic E-state index is -0.584. The molecule has 10 heteroatoms. The summed E-state index contributed by atoms with van der Waals surface area (Å²) in [5.74, 6) is -1.02. The minimum Gasteiger partial charge on any atom is -0.456 e. The molecule has 0 aliphatic heterocycles. The van der Waals surface area contributed by atoms with Crippen LogP contribution in [0.25, 0.3) is 0 Å². The van der Waals surface area contributed by atoms with Crippen molar-refractivity contribution in [1.82, 2.24) is 9.55 Å². The number of anilines is 1. The molecule has 2 aromatic rings. The van der Waals surface area contributed by atoms with Crippen molar-refractivity contribution in [2.45, 2.75) is 26.8 Å². The fourth-order valence-electron chi connectivity index (χ4n) is 1.91. The molecule has 2 rings (SSSR count). The van der Waals surface area contributed by atoms with Gasteiger partial charge in [-0.25, -0.2) is 4.98 Å². The summed E-state index contributed by atoms with van der Waals surface area (Å²) in [5.41, 5.74) is 1.36. The van der Waals surface area contributed by atoms with Crippen molar-refractivity contribution in [3.8, 4) is 0 Å². The van der Waals surface area contributed by atoms with Gasteiger partial charge < -0.3 is 14.6 Å². The molecule has 1 amide bonds. The van der Waals surface area contributed by atoms with Crippen molar-refractivity contribution in [3.05, 3.63) is 42.5 Å². The lowest BCUT2D eigenvalue weighted by Gasteiger charge is -2.09. The average Bonchev–Trinajstić information content (AvgIpc) is 2.90. The molecule has 0 saturated heterocycles. The van der Waals surface area contributed by atoms with Gasteiger partial charge in [0, 0.05) is 23.8 Å². The number of hydrogen-bond acceptors (Lipinski definition) is 6. The lowest BCUT2D eigenvalue weighted by Crippen LogP contribution is -2.23. The SMILES string of the molecule is Cc1c(Cl)cnc(NC(=O)COC(=O)CCn2c(C)csc2=O)c1Cl. The lowest BCUT2D eigenvalue weighted by molar-refractivity contribution is -0.147. The van der Waals surface area contributed by atoms with E-state index in [-0.39, 0.29) is 28.7 Å². The highest BCUT2D eigenvalue weighted by molar-refractivity contribution is 7.07. The first-order valence-electron chi connectivity index (χ1n) is 7.20. The molecule has 0 atom stereocenters. The molecule has 25 heavy (non-hydrogen) atoms. The van der Waals surface area contributed by atoms with Gasteiger partial charge in [-0.3, -0.25) is 14.4 Å². The van der Waals surface area contributed by atoms with Crippen molar-refractivity contribution in [3.63, 3.8) is 0 Å². The van der Waals surface area contributed by atoms with E-state index in [1.54, 1.807) is 19.2 Å². The number of halogens is 2. The van der Waals surface area contributed by atoms with Crippen LogP contribution in [-0.4, -0.2) is 28.0 Å². The fourth-order valence-corrected chi connectivity index (χ4v) is 3.06. The molecule has 0 aromatic carbocycles. The van der Waals surface area contributed by atoms with E-state index in [0.717, 1.165) is 17.0 Å². The molecule has 2 aromatic heterocycles. The highest BCUT2D eigenvalue weighted by Gasteiger charge is 2.14. The summed E-state index contributed by atoms with van der Waals surface area (Å²) in [6, 6.07) is 0. The molecule has 0 aliphatic rings. The second-order valence-electron chi connectivity index (χ2n) is 5.15. The highest BCUT2D eigenvalue weighted by atomic mass is 35.5. The van der Waals surface area contributed by atoms with E-state index in [1.807, 2.05) is 0 Å². The normalized spacial score (nSPS) is 10.6. The third kappa shape index (κ3) is 5.04. The lowest BCUT2D eigenvalue weighted by atomic mass is 10.3. The first kappa shape index (κ1) is 19.4. The van der Waals surface area contributed by atoms with E-state index in [9.17, 15) is 14.4 Å². The van der Waals surface area contributed by atoms with E-state index in [2.05, 4.69) is 10.3 Å². The van der Waals surface area contributed by atoms with Crippen LogP contribution in [0.15, 0.2) is 16.4 Å². The summed E-state index contributed by atoms with van der Waals surface area (Å²) in [4.78, 5) is 38.9. The van der Waals surface area contributed by atoms with Crippen LogP contribution in [0.3, 0.4) is 0 Å². The van der Waals surface area contributed by atoms with Crippen LogP contribution in [0.4, 0.5) is 5.82 Å². The number of amides is 1. The van der Waals surface area contributed by atoms with Crippen molar-refractivity contribution in [1.29, 1.82) is 0 Å². The summed E-state index contributed by atoms with van der Waals surface area (Å²) >= 11 is 13.0. The number of ether oxygens (including phenoxy) is 1. The van der Waals surface area contributed by atoms with E-state index in [0.29, 0.717) is 10.6 Å². The maximum Gasteiger partial charge on any atom is 0.308 e. The van der Waals surface area contributed by atoms with Gasteiger partial charge in [-0.2, -0.15) is 0 Å². The number of esters is 1. The van der Waals surface area contributed by atoms with Gasteiger partial charge in [-0.05, 0) is 19.4 Å². The predicted octanol–water partition coefficient (Wildman–Crippen LogP) is 2.80. The molecule has 0 fully saturated rings. The monoisotopic (exact) mass is 403 g/mol. The second-order valence-corrected chi connectivity index (χ2v) is 6.75. The zero-order valence-corrected chi connectivity index (χ0v) is 15.8. The van der Waals surface area contributed by atoms with Gasteiger partial charge in [0.2, 0.25) is 0 Å². The largest absolute Gasteiger partial charge is 0.456 e. The Balaban J connectivity index is 1.83. The summed E-state index contributed by atoms with van der Waals surface area (Å²) in [7, 11) is 0. The minimum absolute atomic E-state index is 0.0101. The van der Waals surface area contributed by atoms with Crippen LogP contribution >= 0.6 is 34.5 Å². The molecule has 0 aliphatic carbocycles. The number of hydrogen-bond donors (Lipinski definition) is 1. The number of nitrogens with zero attached hydrogens (tertiary/aromatic N) is 2. The second kappa shape index (κ2) is 8.46. The Morgan fingerprint density at radius 2 is 2.08 bits per heavy atom. The quantitative estimate of drug-likeness (QED) is 0.748. The van der Waals surface area contributed by atoms with Gasteiger partial charge in [-0.15, -0.1) is 0 Å². The number of pyridine rings is 1. The fraction of sp³-hybridized carbons (Fsp3) is 0.333. The summed E-state index contributed by atoms with van der Waals surface area (Å²) in [6.07, 6.45) is 1.36. The number of aromatic nitrogens is 2. The Hall–Kier alpha value is -1.90. The van der Waals surface area contributed by atoms with Crippen LogP contribution in [0.2, 0.25) is 10.0 Å². The molecule has 0 spiro atoms. The van der Waals surface area contributed by atoms with Crippen LogP contribution in [0.5, 0.6) is 0 Å². The molecular weight excluding hydrogens is 389 g/mol. The van der Waals surface area contributed by atoms with E-state index in [4.69, 9.17) is 27.9 Å². The standard InChI is InChI=1S/C15H15Cl2N3O4S/c1-8-7-25-15(23)20(8)4-3-12(22)24-6-11(21)19-14-13(17)9(2)10(16)5-18-14/h5,7H,3-4,6H2,1-2H3,(H,18,19,21). The highest BCUT2D eigenvalue weighted by Crippen LogP contribution is 2.28. The van der Waals surface area contributed by atoms with E-state index < -0.39 is 18.5 Å². The molecule has 2 heterocycles. The Kier molecular flexibility index (Phi) is 6.57. The topological polar surface area (TPSA) is 90.3 Å². The first-order chi connectivity index (χ1) is 11.8. The Bertz CT molecular complexity index is 863. The van der Waals surface area contributed by atoms with Crippen LogP contribution in [-0.2, 0) is 20.9 Å². The number of aryl methyl sites for hydroxylation is 1. The zero-order chi connectivity index (χ0) is 18.6. The Morgan fingerprint density at radius 3 is 2.72 bits per heavy atom. The zero-order valence-electron chi connectivity index (χ0n) is 13.5. The summed E-state index contributed by atoms with van der Waals surface area (Å²) < 4.78 is 6.37. The number of carbonyl (C=O) groups is 2. The summed E-state index contributed by atoms with van der Waals surface area (Å²) in [5, 5.41) is 4.77. The molecule has 0 saturated carbocycles. The van der Waals surface area contributed by atoms with E-state index in [1.165, 1.54) is 10.8 Å². The molecule has 7 nitrogen and oxygen atoms in total. The number of rotatable bonds is 6. The third-order valence-electron chi connectivity index (χ3n) is 3.34. The van der Waals surface area contributed by atoms with Gasteiger partial charge in [0.25, 0.3) is 5.91 Å². The number of thiazole rings is 1. The van der Waals surface area contributed by atoms with Crippen LogP contribution < -0.4 is 10.2 Å². The molecule has 0 unspecified atom stereocenters. The number of nitrogens with one attached hydrogen (secondary N) is 1. The Morgan fingerprint density at radius 1 is 1.36 bits per heavy atom. The molecule has 0 radical (unpaired) electrons. The van der Waals surface area contributed by atoms with Gasteiger partial charge >= 0.3 is 10.8 Å². The Labute approximate surface area is 157 Å². The first-order valence-corrected chi connectivity index (χ1v) is 8.84. The molecular formula is C15H15Cl2N3O4S. The third-order valence-corrected chi connectivity index (χ3v) is 5.06. The van der Waals surface area contributed by atoms with Crippen molar-refractivity contribution in [2.24, 2.45) is 0 Å². The van der Waals surface area contributed by atoms with E-state index >= 15 is 0 Å². The van der Waals surface area contributed by atoms with Gasteiger partial charge in [0.15, 0.2) is 12.4 Å². The molecule has 1 N–H and O–H groups in total. The van der Waals surface area contributed by atoms with Crippen LogP contribution in [0.1, 0.15) is 17.7 Å². The van der Waals surface area contributed by atoms with Gasteiger partial charge in [0.1, 0.15) is 0 Å². The van der Waals surface area contributed by atoms with Gasteiger partial charge in [-0.1, -0.05) is 34.5 Å². The number of carbonyl (C=O) groups excluding carboxylic acids is 2. The predicted molar refractivity (Wildman–Crippen MR) is 96.5 cm³/mol. The van der Waals surface area contributed by atoms with Crippen LogP contribution in [0, 0.1) is 13.8 Å². The van der Waals surface area contributed by atoms with Crippen molar-refractivity contribution < 1.29 is 14.3 Å².